The molecule has 0 aliphatic heterocycles. The zero-order valence-corrected chi connectivity index (χ0v) is 7.98. The molecule has 0 bridgehead atoms. The molecule has 3 unspecified atom stereocenters. The standard InChI is InChI=1S/C8H17ClO/c1-6(8(3)9)5-7(2)10-4/h6-8H,5H2,1-4H3. The molecule has 0 amide bonds. The van der Waals surface area contributed by atoms with Gasteiger partial charge in [0.25, 0.3) is 0 Å². The zero-order chi connectivity index (χ0) is 8.15. The molecule has 0 fully saturated rings. The van der Waals surface area contributed by atoms with Crippen LogP contribution in [0.15, 0.2) is 0 Å². The number of rotatable bonds is 4. The smallest absolute Gasteiger partial charge is 0.0546 e. The minimum absolute atomic E-state index is 0.248. The van der Waals surface area contributed by atoms with Crippen molar-refractivity contribution in [2.75, 3.05) is 7.11 Å². The Balaban J connectivity index is 3.46. The highest BCUT2D eigenvalue weighted by Crippen LogP contribution is 2.16. The van der Waals surface area contributed by atoms with Crippen LogP contribution in [0.3, 0.4) is 0 Å². The van der Waals surface area contributed by atoms with Crippen molar-refractivity contribution in [2.45, 2.75) is 38.7 Å². The van der Waals surface area contributed by atoms with Gasteiger partial charge in [-0.3, -0.25) is 0 Å². The maximum absolute atomic E-state index is 5.87. The second kappa shape index (κ2) is 4.97. The summed E-state index contributed by atoms with van der Waals surface area (Å²) in [5.74, 6) is 0.539. The summed E-state index contributed by atoms with van der Waals surface area (Å²) < 4.78 is 5.11. The molecule has 0 N–H and O–H groups in total. The van der Waals surface area contributed by atoms with Crippen LogP contribution in [0.5, 0.6) is 0 Å². The Kier molecular flexibility index (Phi) is 5.10. The first-order valence-corrected chi connectivity index (χ1v) is 4.18. The molecule has 0 rings (SSSR count). The zero-order valence-electron chi connectivity index (χ0n) is 7.23. The van der Waals surface area contributed by atoms with Crippen LogP contribution < -0.4 is 0 Å². The molecule has 0 aromatic carbocycles. The topological polar surface area (TPSA) is 9.23 Å². The lowest BCUT2D eigenvalue weighted by Gasteiger charge is -2.17. The minimum atomic E-state index is 0.248. The van der Waals surface area contributed by atoms with Crippen LogP contribution in [0.2, 0.25) is 0 Å². The minimum Gasteiger partial charge on any atom is -0.382 e. The molecule has 0 saturated heterocycles. The van der Waals surface area contributed by atoms with Gasteiger partial charge >= 0.3 is 0 Å². The number of halogens is 1. The van der Waals surface area contributed by atoms with Crippen LogP contribution >= 0.6 is 11.6 Å². The number of hydrogen-bond donors (Lipinski definition) is 0. The normalized spacial score (nSPS) is 20.1. The Labute approximate surface area is 68.7 Å². The first-order valence-electron chi connectivity index (χ1n) is 3.74. The molecule has 0 aliphatic rings. The number of ether oxygens (including phenoxy) is 1. The summed E-state index contributed by atoms with van der Waals surface area (Å²) in [7, 11) is 1.73. The van der Waals surface area contributed by atoms with Crippen LogP contribution in [0.1, 0.15) is 27.2 Å². The van der Waals surface area contributed by atoms with E-state index in [2.05, 4.69) is 13.8 Å². The van der Waals surface area contributed by atoms with Gasteiger partial charge in [0, 0.05) is 12.5 Å². The fraction of sp³-hybridized carbons (Fsp3) is 1.00. The lowest BCUT2D eigenvalue weighted by atomic mass is 10.0. The van der Waals surface area contributed by atoms with Crippen LogP contribution in [-0.4, -0.2) is 18.6 Å². The number of methoxy groups -OCH3 is 1. The highest BCUT2D eigenvalue weighted by molar-refractivity contribution is 6.20. The van der Waals surface area contributed by atoms with E-state index in [1.165, 1.54) is 0 Å². The third-order valence-electron chi connectivity index (χ3n) is 1.89. The van der Waals surface area contributed by atoms with E-state index in [0.717, 1.165) is 6.42 Å². The van der Waals surface area contributed by atoms with Gasteiger partial charge in [-0.15, -0.1) is 11.6 Å². The second-order valence-electron chi connectivity index (χ2n) is 2.94. The maximum Gasteiger partial charge on any atom is 0.0546 e. The average Bonchev–Trinajstić information content (AvgIpc) is 1.87. The average molecular weight is 165 g/mol. The van der Waals surface area contributed by atoms with Crippen molar-refractivity contribution in [2.24, 2.45) is 5.92 Å². The van der Waals surface area contributed by atoms with Crippen molar-refractivity contribution in [3.8, 4) is 0 Å². The Morgan fingerprint density at radius 1 is 1.30 bits per heavy atom. The lowest BCUT2D eigenvalue weighted by Crippen LogP contribution is -2.15. The largest absolute Gasteiger partial charge is 0.382 e. The summed E-state index contributed by atoms with van der Waals surface area (Å²) in [6.45, 7) is 6.23. The van der Waals surface area contributed by atoms with E-state index in [9.17, 15) is 0 Å². The third kappa shape index (κ3) is 4.13. The van der Waals surface area contributed by atoms with Gasteiger partial charge in [0.05, 0.1) is 6.10 Å². The van der Waals surface area contributed by atoms with E-state index in [0.29, 0.717) is 12.0 Å². The van der Waals surface area contributed by atoms with Gasteiger partial charge in [0.2, 0.25) is 0 Å². The molecule has 0 aromatic rings. The first kappa shape index (κ1) is 10.2. The second-order valence-corrected chi connectivity index (χ2v) is 3.63. The molecule has 0 radical (unpaired) electrons. The monoisotopic (exact) mass is 164 g/mol. The van der Waals surface area contributed by atoms with Crippen molar-refractivity contribution >= 4 is 11.6 Å². The molecule has 0 saturated carbocycles. The van der Waals surface area contributed by atoms with Gasteiger partial charge < -0.3 is 4.74 Å². The predicted molar refractivity (Wildman–Crippen MR) is 45.6 cm³/mol. The molecule has 62 valence electrons. The summed E-state index contributed by atoms with van der Waals surface area (Å²) in [6, 6.07) is 0. The number of alkyl halides is 1. The van der Waals surface area contributed by atoms with Crippen molar-refractivity contribution in [1.29, 1.82) is 0 Å². The Morgan fingerprint density at radius 3 is 2.10 bits per heavy atom. The molecular weight excluding hydrogens is 148 g/mol. The Hall–Kier alpha value is 0.250. The summed E-state index contributed by atoms with van der Waals surface area (Å²) in [4.78, 5) is 0. The van der Waals surface area contributed by atoms with Crippen LogP contribution in [0.25, 0.3) is 0 Å². The van der Waals surface area contributed by atoms with Gasteiger partial charge in [-0.1, -0.05) is 6.92 Å². The molecule has 0 aliphatic carbocycles. The van der Waals surface area contributed by atoms with Crippen molar-refractivity contribution in [3.05, 3.63) is 0 Å². The maximum atomic E-state index is 5.87. The first-order chi connectivity index (χ1) is 4.57. The van der Waals surface area contributed by atoms with E-state index in [1.54, 1.807) is 7.11 Å². The van der Waals surface area contributed by atoms with E-state index in [-0.39, 0.29) is 5.38 Å². The van der Waals surface area contributed by atoms with Gasteiger partial charge in [-0.25, -0.2) is 0 Å². The molecule has 0 heterocycles. The highest BCUT2D eigenvalue weighted by atomic mass is 35.5. The van der Waals surface area contributed by atoms with Crippen LogP contribution in [0.4, 0.5) is 0 Å². The van der Waals surface area contributed by atoms with Gasteiger partial charge in [-0.2, -0.15) is 0 Å². The summed E-state index contributed by atoms with van der Waals surface area (Å²) in [5.41, 5.74) is 0. The van der Waals surface area contributed by atoms with Crippen molar-refractivity contribution in [3.63, 3.8) is 0 Å². The fourth-order valence-electron chi connectivity index (χ4n) is 0.807. The predicted octanol–water partition coefficient (Wildman–Crippen LogP) is 2.67. The molecule has 1 nitrogen and oxygen atoms in total. The third-order valence-corrected chi connectivity index (χ3v) is 2.32. The van der Waals surface area contributed by atoms with Crippen LogP contribution in [0, 0.1) is 5.92 Å². The summed E-state index contributed by atoms with van der Waals surface area (Å²) in [5, 5.41) is 0.248. The quantitative estimate of drug-likeness (QED) is 0.581. The van der Waals surface area contributed by atoms with Gasteiger partial charge in [0.1, 0.15) is 0 Å². The highest BCUT2D eigenvalue weighted by Gasteiger charge is 2.12. The molecule has 2 heteroatoms. The molecular formula is C8H17ClO. The van der Waals surface area contributed by atoms with E-state index in [4.69, 9.17) is 16.3 Å². The van der Waals surface area contributed by atoms with E-state index >= 15 is 0 Å². The van der Waals surface area contributed by atoms with Crippen molar-refractivity contribution < 1.29 is 4.74 Å². The molecule has 10 heavy (non-hydrogen) atoms. The van der Waals surface area contributed by atoms with Crippen molar-refractivity contribution in [1.82, 2.24) is 0 Å². The number of hydrogen-bond acceptors (Lipinski definition) is 1. The van der Waals surface area contributed by atoms with Crippen LogP contribution in [-0.2, 0) is 4.74 Å². The molecule has 0 aromatic heterocycles. The lowest BCUT2D eigenvalue weighted by molar-refractivity contribution is 0.0973. The SMILES string of the molecule is COC(C)CC(C)C(C)Cl. The summed E-state index contributed by atoms with van der Waals surface area (Å²) >= 11 is 5.87. The fourth-order valence-corrected chi connectivity index (χ4v) is 0.910. The summed E-state index contributed by atoms with van der Waals surface area (Å²) in [6.07, 6.45) is 1.37. The van der Waals surface area contributed by atoms with Gasteiger partial charge in [0.15, 0.2) is 0 Å². The molecule has 0 spiro atoms. The van der Waals surface area contributed by atoms with E-state index in [1.807, 2.05) is 6.92 Å². The van der Waals surface area contributed by atoms with E-state index < -0.39 is 0 Å². The molecule has 3 atom stereocenters. The Bertz CT molecular complexity index is 83.3. The van der Waals surface area contributed by atoms with Gasteiger partial charge in [-0.05, 0) is 26.2 Å². The Morgan fingerprint density at radius 2 is 1.80 bits per heavy atom.